The molecule has 0 saturated carbocycles. The van der Waals surface area contributed by atoms with E-state index < -0.39 is 0 Å². The fraction of sp³-hybridized carbons (Fsp3) is 0.154. The van der Waals surface area contributed by atoms with Crippen LogP contribution in [-0.2, 0) is 4.79 Å². The number of hydrazone groups is 1. The van der Waals surface area contributed by atoms with Gasteiger partial charge in [-0.05, 0) is 55.5 Å². The molecule has 1 aliphatic heterocycles. The summed E-state index contributed by atoms with van der Waals surface area (Å²) in [5, 5.41) is 6.40. The quantitative estimate of drug-likeness (QED) is 0.315. The number of halogens is 1. The van der Waals surface area contributed by atoms with Crippen LogP contribution in [0.1, 0.15) is 18.9 Å². The van der Waals surface area contributed by atoms with Crippen molar-refractivity contribution >= 4 is 35.0 Å². The Morgan fingerprint density at radius 2 is 1.62 bits per heavy atom. The zero-order chi connectivity index (χ0) is 22.3. The van der Waals surface area contributed by atoms with Gasteiger partial charge >= 0.3 is 0 Å². The molecular weight excluding hydrogens is 424 g/mol. The van der Waals surface area contributed by atoms with Gasteiger partial charge in [0.1, 0.15) is 11.5 Å². The number of rotatable bonds is 8. The van der Waals surface area contributed by atoms with Crippen LogP contribution in [0.3, 0.4) is 0 Å². The number of para-hydroxylation sites is 2. The molecule has 0 atom stereocenters. The second-order valence-corrected chi connectivity index (χ2v) is 7.68. The van der Waals surface area contributed by atoms with E-state index in [0.717, 1.165) is 17.0 Å². The van der Waals surface area contributed by atoms with E-state index in [9.17, 15) is 4.79 Å². The Morgan fingerprint density at radius 3 is 2.38 bits per heavy atom. The number of carbonyl (C=O) groups is 1. The van der Waals surface area contributed by atoms with Crippen LogP contribution in [0.2, 0.25) is 5.02 Å². The summed E-state index contributed by atoms with van der Waals surface area (Å²) in [6.45, 7) is 2.84. The lowest BCUT2D eigenvalue weighted by atomic mass is 10.1. The highest BCUT2D eigenvalue weighted by molar-refractivity contribution is 6.33. The molecule has 1 aliphatic rings. The third kappa shape index (κ3) is 5.18. The number of hydrogen-bond donors (Lipinski definition) is 0. The van der Waals surface area contributed by atoms with Gasteiger partial charge in [-0.1, -0.05) is 48.0 Å². The second-order valence-electron chi connectivity index (χ2n) is 7.24. The van der Waals surface area contributed by atoms with Gasteiger partial charge in [-0.3, -0.25) is 4.79 Å². The molecule has 0 aliphatic carbocycles. The summed E-state index contributed by atoms with van der Waals surface area (Å²) < 4.78 is 11.7. The van der Waals surface area contributed by atoms with Crippen molar-refractivity contribution in [3.05, 3.63) is 95.0 Å². The number of ether oxygens (including phenoxy) is 2. The smallest absolute Gasteiger partial charge is 0.280 e. The number of anilines is 1. The molecule has 0 bridgehead atoms. The van der Waals surface area contributed by atoms with Crippen molar-refractivity contribution in [2.24, 2.45) is 5.10 Å². The van der Waals surface area contributed by atoms with Crippen molar-refractivity contribution in [2.45, 2.75) is 13.3 Å². The topological polar surface area (TPSA) is 51.1 Å². The fourth-order valence-electron chi connectivity index (χ4n) is 3.30. The molecule has 4 rings (SSSR count). The Hall–Kier alpha value is -3.57. The molecule has 0 saturated heterocycles. The molecule has 5 nitrogen and oxygen atoms in total. The first-order chi connectivity index (χ1) is 15.6. The molecule has 0 radical (unpaired) electrons. The summed E-state index contributed by atoms with van der Waals surface area (Å²) in [4.78, 5) is 13.0. The maximum Gasteiger partial charge on any atom is 0.280 e. The van der Waals surface area contributed by atoms with Crippen molar-refractivity contribution in [3.63, 3.8) is 0 Å². The minimum atomic E-state index is -0.184. The third-order valence-corrected chi connectivity index (χ3v) is 5.13. The van der Waals surface area contributed by atoms with Gasteiger partial charge in [0.15, 0.2) is 0 Å². The summed E-state index contributed by atoms with van der Waals surface area (Å²) in [5.41, 5.74) is 2.60. The molecule has 1 amide bonds. The van der Waals surface area contributed by atoms with Crippen LogP contribution < -0.4 is 14.5 Å². The zero-order valence-corrected chi connectivity index (χ0v) is 18.5. The van der Waals surface area contributed by atoms with Crippen LogP contribution in [0, 0.1) is 0 Å². The predicted octanol–water partition coefficient (Wildman–Crippen LogP) is 5.99. The van der Waals surface area contributed by atoms with E-state index in [-0.39, 0.29) is 5.91 Å². The lowest BCUT2D eigenvalue weighted by Gasteiger charge is -2.12. The first-order valence-electron chi connectivity index (χ1n) is 10.4. The molecule has 3 aromatic carbocycles. The number of nitrogens with zero attached hydrogens (tertiary/aromatic N) is 2. The normalized spacial score (nSPS) is 14.6. The van der Waals surface area contributed by atoms with Crippen LogP contribution >= 0.6 is 11.6 Å². The van der Waals surface area contributed by atoms with Crippen molar-refractivity contribution in [1.29, 1.82) is 0 Å². The SMILES string of the molecule is CC1=NN(c2ccccc2)C(=O)C1=Cc1cc(Cl)ccc1OCCCOc1ccccc1. The van der Waals surface area contributed by atoms with Gasteiger partial charge in [0, 0.05) is 17.0 Å². The summed E-state index contributed by atoms with van der Waals surface area (Å²) in [6.07, 6.45) is 2.50. The molecule has 6 heteroatoms. The Labute approximate surface area is 192 Å². The highest BCUT2D eigenvalue weighted by atomic mass is 35.5. The molecule has 3 aromatic rings. The van der Waals surface area contributed by atoms with Gasteiger partial charge in [-0.15, -0.1) is 0 Å². The number of amides is 1. The van der Waals surface area contributed by atoms with Crippen molar-refractivity contribution in [1.82, 2.24) is 0 Å². The van der Waals surface area contributed by atoms with Crippen LogP contribution in [0.15, 0.2) is 89.5 Å². The lowest BCUT2D eigenvalue weighted by Crippen LogP contribution is -2.21. The molecule has 0 spiro atoms. The van der Waals surface area contributed by atoms with E-state index >= 15 is 0 Å². The van der Waals surface area contributed by atoms with Crippen molar-refractivity contribution in [2.75, 3.05) is 18.2 Å². The zero-order valence-electron chi connectivity index (χ0n) is 17.7. The fourth-order valence-corrected chi connectivity index (χ4v) is 3.48. The third-order valence-electron chi connectivity index (χ3n) is 4.89. The van der Waals surface area contributed by atoms with E-state index in [2.05, 4.69) is 5.10 Å². The van der Waals surface area contributed by atoms with Gasteiger partial charge in [0.05, 0.1) is 30.2 Å². The van der Waals surface area contributed by atoms with E-state index in [1.54, 1.807) is 18.2 Å². The first kappa shape index (κ1) is 21.7. The predicted molar refractivity (Wildman–Crippen MR) is 129 cm³/mol. The van der Waals surface area contributed by atoms with Gasteiger partial charge in [0.2, 0.25) is 0 Å². The maximum atomic E-state index is 13.0. The molecule has 0 N–H and O–H groups in total. The Bertz CT molecular complexity index is 1140. The number of benzene rings is 3. The molecular formula is C26H23ClN2O3. The molecule has 0 fully saturated rings. The van der Waals surface area contributed by atoms with E-state index in [1.165, 1.54) is 5.01 Å². The molecule has 32 heavy (non-hydrogen) atoms. The first-order valence-corrected chi connectivity index (χ1v) is 10.8. The lowest BCUT2D eigenvalue weighted by molar-refractivity contribution is -0.114. The van der Waals surface area contributed by atoms with Crippen molar-refractivity contribution < 1.29 is 14.3 Å². The maximum absolute atomic E-state index is 13.0. The minimum absolute atomic E-state index is 0.184. The molecule has 1 heterocycles. The van der Waals surface area contributed by atoms with Gasteiger partial charge in [0.25, 0.3) is 5.91 Å². The number of carbonyl (C=O) groups excluding carboxylic acids is 1. The van der Waals surface area contributed by atoms with Gasteiger partial charge in [-0.2, -0.15) is 10.1 Å². The van der Waals surface area contributed by atoms with E-state index in [4.69, 9.17) is 21.1 Å². The molecule has 162 valence electrons. The Balaban J connectivity index is 1.44. The summed E-state index contributed by atoms with van der Waals surface area (Å²) in [5.74, 6) is 1.30. The average Bonchev–Trinajstić information content (AvgIpc) is 3.10. The largest absolute Gasteiger partial charge is 0.493 e. The Kier molecular flexibility index (Phi) is 6.87. The molecule has 0 unspecified atom stereocenters. The standard InChI is InChI=1S/C26H23ClN2O3/c1-19-24(26(30)29(28-19)22-9-4-2-5-10-22)18-20-17-21(27)13-14-25(20)32-16-8-15-31-23-11-6-3-7-12-23/h2-7,9-14,17-18H,8,15-16H2,1H3. The van der Waals surface area contributed by atoms with Crippen LogP contribution in [0.25, 0.3) is 6.08 Å². The van der Waals surface area contributed by atoms with Crippen LogP contribution in [0.4, 0.5) is 5.69 Å². The van der Waals surface area contributed by atoms with E-state index in [0.29, 0.717) is 41.7 Å². The number of hydrogen-bond acceptors (Lipinski definition) is 4. The minimum Gasteiger partial charge on any atom is -0.493 e. The van der Waals surface area contributed by atoms with Gasteiger partial charge < -0.3 is 9.47 Å². The molecule has 0 aromatic heterocycles. The van der Waals surface area contributed by atoms with Gasteiger partial charge in [-0.25, -0.2) is 0 Å². The summed E-state index contributed by atoms with van der Waals surface area (Å²) in [7, 11) is 0. The van der Waals surface area contributed by atoms with E-state index in [1.807, 2.05) is 73.7 Å². The van der Waals surface area contributed by atoms with Crippen LogP contribution in [0.5, 0.6) is 11.5 Å². The van der Waals surface area contributed by atoms with Crippen molar-refractivity contribution in [3.8, 4) is 11.5 Å². The summed E-state index contributed by atoms with van der Waals surface area (Å²) >= 11 is 6.22. The highest BCUT2D eigenvalue weighted by Gasteiger charge is 2.28. The monoisotopic (exact) mass is 446 g/mol. The average molecular weight is 447 g/mol. The highest BCUT2D eigenvalue weighted by Crippen LogP contribution is 2.29. The Morgan fingerprint density at radius 1 is 0.938 bits per heavy atom. The summed E-state index contributed by atoms with van der Waals surface area (Å²) in [6, 6.07) is 24.4. The van der Waals surface area contributed by atoms with Crippen LogP contribution in [-0.4, -0.2) is 24.8 Å². The second kappa shape index (κ2) is 10.2.